The molecule has 22 heavy (non-hydrogen) atoms. The highest BCUT2D eigenvalue weighted by atomic mass is 79.9. The summed E-state index contributed by atoms with van der Waals surface area (Å²) in [5, 5.41) is 3.99. The molecule has 5 heteroatoms. The number of halogens is 1. The van der Waals surface area contributed by atoms with Crippen molar-refractivity contribution in [2.75, 3.05) is 20.6 Å². The maximum Gasteiger partial charge on any atom is 0.287 e. The number of carbonyl (C=O) groups excluding carboxylic acids is 1. The summed E-state index contributed by atoms with van der Waals surface area (Å²) in [6.07, 6.45) is 4.72. The zero-order chi connectivity index (χ0) is 15.7. The van der Waals surface area contributed by atoms with Crippen molar-refractivity contribution in [3.63, 3.8) is 0 Å². The minimum absolute atomic E-state index is 0.0856. The Kier molecular flexibility index (Phi) is 4.28. The molecule has 0 radical (unpaired) electrons. The number of para-hydroxylation sites is 1. The van der Waals surface area contributed by atoms with E-state index in [1.54, 1.807) is 6.07 Å². The Morgan fingerprint density at radius 3 is 2.73 bits per heavy atom. The van der Waals surface area contributed by atoms with E-state index in [1.807, 2.05) is 18.2 Å². The number of nitrogens with zero attached hydrogens (tertiary/aromatic N) is 1. The lowest BCUT2D eigenvalue weighted by molar-refractivity contribution is 0.0875. The molecule has 1 aliphatic rings. The minimum Gasteiger partial charge on any atom is -0.450 e. The summed E-state index contributed by atoms with van der Waals surface area (Å²) < 4.78 is 6.56. The van der Waals surface area contributed by atoms with Crippen LogP contribution in [0.1, 0.15) is 36.2 Å². The molecule has 1 saturated carbocycles. The summed E-state index contributed by atoms with van der Waals surface area (Å²) in [5.74, 6) is 0.227. The second-order valence-corrected chi connectivity index (χ2v) is 7.13. The summed E-state index contributed by atoms with van der Waals surface area (Å²) in [5.41, 5.74) is 0.804. The molecule has 118 valence electrons. The van der Waals surface area contributed by atoms with Crippen LogP contribution in [0.2, 0.25) is 0 Å². The number of furan rings is 1. The molecule has 0 spiro atoms. The third-order valence-electron chi connectivity index (χ3n) is 4.78. The van der Waals surface area contributed by atoms with Gasteiger partial charge in [-0.15, -0.1) is 0 Å². The first-order chi connectivity index (χ1) is 10.5. The number of rotatable bonds is 4. The Hall–Kier alpha value is -1.33. The van der Waals surface area contributed by atoms with E-state index < -0.39 is 0 Å². The quantitative estimate of drug-likeness (QED) is 0.897. The average Bonchev–Trinajstić information content (AvgIpc) is 3.13. The molecular weight excluding hydrogens is 344 g/mol. The predicted molar refractivity (Wildman–Crippen MR) is 91.1 cm³/mol. The van der Waals surface area contributed by atoms with E-state index in [0.29, 0.717) is 12.3 Å². The molecule has 0 aliphatic heterocycles. The smallest absolute Gasteiger partial charge is 0.287 e. The molecule has 0 saturated heterocycles. The fraction of sp³-hybridized carbons (Fsp3) is 0.471. The van der Waals surface area contributed by atoms with Crippen LogP contribution in [0, 0.1) is 0 Å². The molecule has 1 fully saturated rings. The molecule has 1 aromatic heterocycles. The highest BCUT2D eigenvalue weighted by molar-refractivity contribution is 9.10. The fourth-order valence-corrected chi connectivity index (χ4v) is 3.75. The maximum atomic E-state index is 12.4. The van der Waals surface area contributed by atoms with Gasteiger partial charge in [0.05, 0.1) is 4.47 Å². The van der Waals surface area contributed by atoms with Gasteiger partial charge in [-0.25, -0.2) is 0 Å². The Balaban J connectivity index is 1.74. The zero-order valence-electron chi connectivity index (χ0n) is 13.0. The summed E-state index contributed by atoms with van der Waals surface area (Å²) in [7, 11) is 4.19. The van der Waals surface area contributed by atoms with Crippen LogP contribution in [0.25, 0.3) is 11.0 Å². The molecule has 0 unspecified atom stereocenters. The molecular formula is C17H21BrN2O2. The lowest BCUT2D eigenvalue weighted by atomic mass is 9.96. The SMILES string of the molecule is CN(C)C1(CNC(=O)c2cc3cccc(Br)c3o2)CCCC1. The van der Waals surface area contributed by atoms with Crippen LogP contribution in [0.4, 0.5) is 0 Å². The maximum absolute atomic E-state index is 12.4. The molecule has 1 amide bonds. The van der Waals surface area contributed by atoms with Crippen molar-refractivity contribution in [3.05, 3.63) is 34.5 Å². The molecule has 1 N–H and O–H groups in total. The van der Waals surface area contributed by atoms with E-state index in [2.05, 4.69) is 40.2 Å². The van der Waals surface area contributed by atoms with Crippen molar-refractivity contribution in [1.29, 1.82) is 0 Å². The van der Waals surface area contributed by atoms with Crippen LogP contribution in [-0.4, -0.2) is 37.0 Å². The fourth-order valence-electron chi connectivity index (χ4n) is 3.29. The molecule has 3 rings (SSSR count). The Labute approximate surface area is 139 Å². The van der Waals surface area contributed by atoms with Crippen molar-refractivity contribution in [2.45, 2.75) is 31.2 Å². The lowest BCUT2D eigenvalue weighted by Crippen LogP contribution is -2.50. The Bertz CT molecular complexity index is 687. The number of amides is 1. The first-order valence-corrected chi connectivity index (χ1v) is 8.45. The summed E-state index contributed by atoms with van der Waals surface area (Å²) in [6.45, 7) is 0.664. The number of benzene rings is 1. The molecule has 0 bridgehead atoms. The van der Waals surface area contributed by atoms with Crippen LogP contribution in [0.3, 0.4) is 0 Å². The van der Waals surface area contributed by atoms with Crippen LogP contribution < -0.4 is 5.32 Å². The van der Waals surface area contributed by atoms with Crippen molar-refractivity contribution < 1.29 is 9.21 Å². The molecule has 2 aromatic rings. The highest BCUT2D eigenvalue weighted by Gasteiger charge is 2.36. The van der Waals surface area contributed by atoms with Gasteiger partial charge in [-0.05, 0) is 55.0 Å². The number of hydrogen-bond donors (Lipinski definition) is 1. The number of carbonyl (C=O) groups is 1. The second kappa shape index (κ2) is 6.05. The van der Waals surface area contributed by atoms with Crippen molar-refractivity contribution in [1.82, 2.24) is 10.2 Å². The molecule has 1 aromatic carbocycles. The molecule has 1 heterocycles. The van der Waals surface area contributed by atoms with Gasteiger partial charge in [0.1, 0.15) is 5.58 Å². The van der Waals surface area contributed by atoms with Crippen molar-refractivity contribution in [2.24, 2.45) is 0 Å². The number of fused-ring (bicyclic) bond motifs is 1. The normalized spacial score (nSPS) is 17.3. The number of hydrogen-bond acceptors (Lipinski definition) is 3. The van der Waals surface area contributed by atoms with Gasteiger partial charge < -0.3 is 14.6 Å². The highest BCUT2D eigenvalue weighted by Crippen LogP contribution is 2.33. The molecule has 4 nitrogen and oxygen atoms in total. The van der Waals surface area contributed by atoms with E-state index in [9.17, 15) is 4.79 Å². The van der Waals surface area contributed by atoms with Crippen LogP contribution in [0.15, 0.2) is 33.2 Å². The van der Waals surface area contributed by atoms with Crippen LogP contribution in [-0.2, 0) is 0 Å². The third kappa shape index (κ3) is 2.79. The third-order valence-corrected chi connectivity index (χ3v) is 5.41. The first-order valence-electron chi connectivity index (χ1n) is 7.65. The van der Waals surface area contributed by atoms with Crippen molar-refractivity contribution >= 4 is 32.8 Å². The summed E-state index contributed by atoms with van der Waals surface area (Å²) in [4.78, 5) is 14.7. The summed E-state index contributed by atoms with van der Waals surface area (Å²) in [6, 6.07) is 7.58. The number of likely N-dealkylation sites (N-methyl/N-ethyl adjacent to an activating group) is 1. The zero-order valence-corrected chi connectivity index (χ0v) is 14.6. The second-order valence-electron chi connectivity index (χ2n) is 6.28. The van der Waals surface area contributed by atoms with E-state index in [0.717, 1.165) is 28.3 Å². The summed E-state index contributed by atoms with van der Waals surface area (Å²) >= 11 is 3.45. The van der Waals surface area contributed by atoms with Crippen molar-refractivity contribution in [3.8, 4) is 0 Å². The van der Waals surface area contributed by atoms with Gasteiger partial charge >= 0.3 is 0 Å². The van der Waals surface area contributed by atoms with Gasteiger partial charge in [0.15, 0.2) is 5.76 Å². The predicted octanol–water partition coefficient (Wildman–Crippen LogP) is 3.80. The average molecular weight is 365 g/mol. The van der Waals surface area contributed by atoms with Crippen LogP contribution in [0.5, 0.6) is 0 Å². The Morgan fingerprint density at radius 2 is 2.09 bits per heavy atom. The van der Waals surface area contributed by atoms with E-state index in [-0.39, 0.29) is 11.4 Å². The van der Waals surface area contributed by atoms with Gasteiger partial charge in [0.2, 0.25) is 0 Å². The first kappa shape index (κ1) is 15.6. The topological polar surface area (TPSA) is 45.5 Å². The van der Waals surface area contributed by atoms with Gasteiger partial charge in [-0.3, -0.25) is 4.79 Å². The monoisotopic (exact) mass is 364 g/mol. The molecule has 1 aliphatic carbocycles. The van der Waals surface area contributed by atoms with Gasteiger partial charge in [-0.1, -0.05) is 25.0 Å². The van der Waals surface area contributed by atoms with E-state index in [1.165, 1.54) is 12.8 Å². The van der Waals surface area contributed by atoms with Crippen LogP contribution >= 0.6 is 15.9 Å². The van der Waals surface area contributed by atoms with E-state index in [4.69, 9.17) is 4.42 Å². The van der Waals surface area contributed by atoms with Gasteiger partial charge in [0.25, 0.3) is 5.91 Å². The lowest BCUT2D eigenvalue weighted by Gasteiger charge is -2.36. The molecule has 0 atom stereocenters. The van der Waals surface area contributed by atoms with Gasteiger partial charge in [0, 0.05) is 17.5 Å². The Morgan fingerprint density at radius 1 is 1.36 bits per heavy atom. The standard InChI is InChI=1S/C17H21BrN2O2/c1-20(2)17(8-3-4-9-17)11-19-16(21)14-10-12-6-5-7-13(18)15(12)22-14/h5-7,10H,3-4,8-9,11H2,1-2H3,(H,19,21). The van der Waals surface area contributed by atoms with E-state index >= 15 is 0 Å². The largest absolute Gasteiger partial charge is 0.450 e. The number of nitrogens with one attached hydrogen (secondary N) is 1. The minimum atomic E-state index is -0.142. The van der Waals surface area contributed by atoms with Gasteiger partial charge in [-0.2, -0.15) is 0 Å².